The molecule has 0 radical (unpaired) electrons. The first-order chi connectivity index (χ1) is 9.85. The van der Waals surface area contributed by atoms with Gasteiger partial charge >= 0.3 is 0 Å². The van der Waals surface area contributed by atoms with Crippen LogP contribution in [-0.2, 0) is 4.74 Å². The van der Waals surface area contributed by atoms with Crippen molar-refractivity contribution in [2.75, 3.05) is 33.4 Å². The van der Waals surface area contributed by atoms with E-state index < -0.39 is 0 Å². The van der Waals surface area contributed by atoms with Crippen LogP contribution < -0.4 is 5.32 Å². The highest BCUT2D eigenvalue weighted by Crippen LogP contribution is 2.42. The molecule has 3 nitrogen and oxygen atoms in total. The van der Waals surface area contributed by atoms with Gasteiger partial charge in [-0.1, -0.05) is 12.8 Å². The fraction of sp³-hybridized carbons (Fsp3) is 1.00. The van der Waals surface area contributed by atoms with Gasteiger partial charge in [0.05, 0.1) is 0 Å². The third-order valence-electron chi connectivity index (χ3n) is 6.11. The standard InChI is InChI=1S/C17H32N2O/c1-18-16(14-15-6-12-20-13-7-15)17(8-2-3-9-17)19-10-4-5-11-19/h15-16,18H,2-14H2,1H3. The van der Waals surface area contributed by atoms with Gasteiger partial charge in [-0.25, -0.2) is 0 Å². The normalized spacial score (nSPS) is 29.9. The Morgan fingerprint density at radius 2 is 1.75 bits per heavy atom. The van der Waals surface area contributed by atoms with E-state index in [1.165, 1.54) is 70.9 Å². The van der Waals surface area contributed by atoms with E-state index in [-0.39, 0.29) is 0 Å². The van der Waals surface area contributed by atoms with Gasteiger partial charge in [-0.2, -0.15) is 0 Å². The Bertz CT molecular complexity index is 289. The summed E-state index contributed by atoms with van der Waals surface area (Å²) in [6.45, 7) is 4.65. The molecule has 1 N–H and O–H groups in total. The van der Waals surface area contributed by atoms with Gasteiger partial charge in [-0.15, -0.1) is 0 Å². The first kappa shape index (κ1) is 14.8. The van der Waals surface area contributed by atoms with Crippen molar-refractivity contribution in [1.82, 2.24) is 10.2 Å². The van der Waals surface area contributed by atoms with Crippen LogP contribution in [0.5, 0.6) is 0 Å². The van der Waals surface area contributed by atoms with Gasteiger partial charge in [0, 0.05) is 24.8 Å². The quantitative estimate of drug-likeness (QED) is 0.838. The van der Waals surface area contributed by atoms with Gasteiger partial charge in [0.25, 0.3) is 0 Å². The number of nitrogens with zero attached hydrogens (tertiary/aromatic N) is 1. The molecule has 1 atom stereocenters. The summed E-state index contributed by atoms with van der Waals surface area (Å²) in [5, 5.41) is 3.73. The van der Waals surface area contributed by atoms with Gasteiger partial charge in [0.15, 0.2) is 0 Å². The Hall–Kier alpha value is -0.120. The topological polar surface area (TPSA) is 24.5 Å². The maximum Gasteiger partial charge on any atom is 0.0468 e. The summed E-state index contributed by atoms with van der Waals surface area (Å²) in [5.41, 5.74) is 0.476. The lowest BCUT2D eigenvalue weighted by Crippen LogP contribution is -2.59. The Balaban J connectivity index is 1.70. The van der Waals surface area contributed by atoms with Crippen LogP contribution in [0.3, 0.4) is 0 Å². The van der Waals surface area contributed by atoms with Crippen molar-refractivity contribution in [2.24, 2.45) is 5.92 Å². The molecule has 2 aliphatic heterocycles. The predicted molar refractivity (Wildman–Crippen MR) is 83.0 cm³/mol. The number of likely N-dealkylation sites (N-methyl/N-ethyl adjacent to an activating group) is 1. The van der Waals surface area contributed by atoms with E-state index in [1.54, 1.807) is 0 Å². The monoisotopic (exact) mass is 280 g/mol. The highest BCUT2D eigenvalue weighted by atomic mass is 16.5. The number of nitrogens with one attached hydrogen (secondary N) is 1. The molecule has 20 heavy (non-hydrogen) atoms. The second-order valence-electron chi connectivity index (χ2n) is 7.14. The largest absolute Gasteiger partial charge is 0.381 e. The summed E-state index contributed by atoms with van der Waals surface area (Å²) in [4.78, 5) is 2.85. The number of hydrogen-bond acceptors (Lipinski definition) is 3. The molecule has 3 fully saturated rings. The number of likely N-dealkylation sites (tertiary alicyclic amines) is 1. The molecule has 1 saturated carbocycles. The van der Waals surface area contributed by atoms with Crippen LogP contribution in [0.2, 0.25) is 0 Å². The van der Waals surface area contributed by atoms with Crippen molar-refractivity contribution >= 4 is 0 Å². The van der Waals surface area contributed by atoms with Gasteiger partial charge in [0.1, 0.15) is 0 Å². The van der Waals surface area contributed by atoms with Crippen molar-refractivity contribution in [2.45, 2.75) is 69.4 Å². The fourth-order valence-corrected chi connectivity index (χ4v) is 4.96. The summed E-state index contributed by atoms with van der Waals surface area (Å²) in [6.07, 6.45) is 12.4. The molecule has 2 saturated heterocycles. The van der Waals surface area contributed by atoms with E-state index in [4.69, 9.17) is 4.74 Å². The van der Waals surface area contributed by atoms with Crippen molar-refractivity contribution in [3.05, 3.63) is 0 Å². The number of ether oxygens (including phenoxy) is 1. The lowest BCUT2D eigenvalue weighted by Gasteiger charge is -2.46. The molecule has 3 aliphatic rings. The predicted octanol–water partition coefficient (Wildman–Crippen LogP) is 2.80. The van der Waals surface area contributed by atoms with E-state index in [0.29, 0.717) is 11.6 Å². The lowest BCUT2D eigenvalue weighted by atomic mass is 9.79. The van der Waals surface area contributed by atoms with Crippen molar-refractivity contribution in [1.29, 1.82) is 0 Å². The van der Waals surface area contributed by atoms with Crippen molar-refractivity contribution in [3.8, 4) is 0 Å². The molecule has 2 heterocycles. The first-order valence-corrected chi connectivity index (χ1v) is 8.85. The van der Waals surface area contributed by atoms with Gasteiger partial charge in [-0.05, 0) is 71.0 Å². The Labute approximate surface area is 124 Å². The average Bonchev–Trinajstić information content (AvgIpc) is 3.17. The van der Waals surface area contributed by atoms with E-state index in [1.807, 2.05) is 0 Å². The molecule has 3 rings (SSSR count). The molecule has 0 aromatic heterocycles. The maximum atomic E-state index is 5.53. The van der Waals surface area contributed by atoms with E-state index in [0.717, 1.165) is 19.1 Å². The summed E-state index contributed by atoms with van der Waals surface area (Å²) < 4.78 is 5.53. The third kappa shape index (κ3) is 2.90. The molecule has 0 aromatic carbocycles. The van der Waals surface area contributed by atoms with Crippen LogP contribution in [0.1, 0.15) is 57.8 Å². The van der Waals surface area contributed by atoms with Gasteiger partial charge < -0.3 is 10.1 Å². The summed E-state index contributed by atoms with van der Waals surface area (Å²) in [7, 11) is 2.19. The van der Waals surface area contributed by atoms with Crippen LogP contribution in [0.25, 0.3) is 0 Å². The molecular formula is C17H32N2O. The molecule has 0 spiro atoms. The lowest BCUT2D eigenvalue weighted by molar-refractivity contribution is 0.0344. The molecule has 1 aliphatic carbocycles. The number of hydrogen-bond donors (Lipinski definition) is 1. The fourth-order valence-electron chi connectivity index (χ4n) is 4.96. The van der Waals surface area contributed by atoms with Crippen molar-refractivity contribution in [3.63, 3.8) is 0 Å². The van der Waals surface area contributed by atoms with Crippen LogP contribution in [0.4, 0.5) is 0 Å². The minimum atomic E-state index is 0.476. The minimum absolute atomic E-state index is 0.476. The first-order valence-electron chi connectivity index (χ1n) is 8.85. The van der Waals surface area contributed by atoms with Gasteiger partial charge in [-0.3, -0.25) is 4.90 Å². The second kappa shape index (κ2) is 6.76. The highest BCUT2D eigenvalue weighted by Gasteiger charge is 2.46. The van der Waals surface area contributed by atoms with Crippen LogP contribution in [0, 0.1) is 5.92 Å². The molecule has 0 bridgehead atoms. The zero-order valence-electron chi connectivity index (χ0n) is 13.2. The zero-order valence-corrected chi connectivity index (χ0v) is 13.2. The smallest absolute Gasteiger partial charge is 0.0468 e. The third-order valence-corrected chi connectivity index (χ3v) is 6.11. The highest BCUT2D eigenvalue weighted by molar-refractivity contribution is 5.04. The second-order valence-corrected chi connectivity index (χ2v) is 7.14. The Morgan fingerprint density at radius 1 is 1.10 bits per heavy atom. The summed E-state index contributed by atoms with van der Waals surface area (Å²) in [5.74, 6) is 0.876. The van der Waals surface area contributed by atoms with Crippen molar-refractivity contribution < 1.29 is 4.74 Å². The summed E-state index contributed by atoms with van der Waals surface area (Å²) in [6, 6.07) is 0.686. The number of rotatable bonds is 5. The molecule has 0 aromatic rings. The van der Waals surface area contributed by atoms with Gasteiger partial charge in [0.2, 0.25) is 0 Å². The molecular weight excluding hydrogens is 248 g/mol. The zero-order chi connectivity index (χ0) is 13.8. The van der Waals surface area contributed by atoms with Crippen LogP contribution in [-0.4, -0.2) is 49.8 Å². The minimum Gasteiger partial charge on any atom is -0.381 e. The Morgan fingerprint density at radius 3 is 2.35 bits per heavy atom. The molecule has 116 valence electrons. The van der Waals surface area contributed by atoms with Crippen LogP contribution >= 0.6 is 0 Å². The SMILES string of the molecule is CNC(CC1CCOCC1)C1(N2CCCC2)CCCC1. The van der Waals surface area contributed by atoms with E-state index >= 15 is 0 Å². The molecule has 3 heteroatoms. The summed E-state index contributed by atoms with van der Waals surface area (Å²) >= 11 is 0. The average molecular weight is 280 g/mol. The van der Waals surface area contributed by atoms with E-state index in [9.17, 15) is 0 Å². The maximum absolute atomic E-state index is 5.53. The molecule has 0 amide bonds. The molecule has 1 unspecified atom stereocenters. The van der Waals surface area contributed by atoms with Crippen LogP contribution in [0.15, 0.2) is 0 Å². The Kier molecular flexibility index (Phi) is 5.00. The van der Waals surface area contributed by atoms with E-state index in [2.05, 4.69) is 17.3 Å².